The van der Waals surface area contributed by atoms with E-state index in [2.05, 4.69) is 10.6 Å². The SMILES string of the molecule is Cc1ccc(NC(=S)NCc2ccccc2F)cc1. The summed E-state index contributed by atoms with van der Waals surface area (Å²) in [5, 5.41) is 6.52. The van der Waals surface area contributed by atoms with Gasteiger partial charge in [0, 0.05) is 17.8 Å². The lowest BCUT2D eigenvalue weighted by Crippen LogP contribution is -2.28. The number of hydrogen-bond acceptors (Lipinski definition) is 1. The second-order valence-electron chi connectivity index (χ2n) is 4.27. The molecule has 0 spiro atoms. The molecule has 98 valence electrons. The average molecular weight is 274 g/mol. The number of halogens is 1. The predicted octanol–water partition coefficient (Wildman–Crippen LogP) is 3.62. The molecule has 4 heteroatoms. The molecular weight excluding hydrogens is 259 g/mol. The highest BCUT2D eigenvalue weighted by molar-refractivity contribution is 7.80. The van der Waals surface area contributed by atoms with Gasteiger partial charge in [-0.3, -0.25) is 0 Å². The molecule has 2 nitrogen and oxygen atoms in total. The first-order valence-electron chi connectivity index (χ1n) is 6.00. The molecule has 0 aromatic heterocycles. The summed E-state index contributed by atoms with van der Waals surface area (Å²) < 4.78 is 13.4. The zero-order valence-electron chi connectivity index (χ0n) is 10.6. The molecule has 0 amide bonds. The van der Waals surface area contributed by atoms with Crippen molar-refractivity contribution >= 4 is 23.0 Å². The molecule has 0 aliphatic heterocycles. The lowest BCUT2D eigenvalue weighted by Gasteiger charge is -2.11. The topological polar surface area (TPSA) is 24.1 Å². The third-order valence-electron chi connectivity index (χ3n) is 2.71. The number of hydrogen-bond donors (Lipinski definition) is 2. The summed E-state index contributed by atoms with van der Waals surface area (Å²) in [6, 6.07) is 14.5. The molecule has 0 bridgehead atoms. The highest BCUT2D eigenvalue weighted by Crippen LogP contribution is 2.09. The van der Waals surface area contributed by atoms with E-state index in [4.69, 9.17) is 12.2 Å². The van der Waals surface area contributed by atoms with Gasteiger partial charge in [-0.2, -0.15) is 0 Å². The molecule has 2 aromatic rings. The van der Waals surface area contributed by atoms with Crippen LogP contribution in [0.3, 0.4) is 0 Å². The van der Waals surface area contributed by atoms with Crippen LogP contribution in [0.25, 0.3) is 0 Å². The van der Waals surface area contributed by atoms with E-state index in [1.54, 1.807) is 18.2 Å². The molecule has 0 saturated carbocycles. The number of benzene rings is 2. The smallest absolute Gasteiger partial charge is 0.171 e. The molecule has 0 atom stereocenters. The molecule has 0 heterocycles. The maximum Gasteiger partial charge on any atom is 0.171 e. The number of aryl methyl sites for hydroxylation is 1. The van der Waals surface area contributed by atoms with Crippen molar-refractivity contribution in [1.82, 2.24) is 5.32 Å². The summed E-state index contributed by atoms with van der Waals surface area (Å²) in [7, 11) is 0. The maximum absolute atomic E-state index is 13.4. The summed E-state index contributed by atoms with van der Waals surface area (Å²) >= 11 is 5.17. The van der Waals surface area contributed by atoms with Crippen molar-refractivity contribution in [3.63, 3.8) is 0 Å². The summed E-state index contributed by atoms with van der Waals surface area (Å²) in [6.07, 6.45) is 0. The Bertz CT molecular complexity index is 567. The van der Waals surface area contributed by atoms with E-state index in [0.717, 1.165) is 5.69 Å². The van der Waals surface area contributed by atoms with Gasteiger partial charge in [0.05, 0.1) is 0 Å². The van der Waals surface area contributed by atoms with Gasteiger partial charge in [0.2, 0.25) is 0 Å². The summed E-state index contributed by atoms with van der Waals surface area (Å²) in [5.74, 6) is -0.229. The lowest BCUT2D eigenvalue weighted by atomic mass is 10.2. The Labute approximate surface area is 117 Å². The highest BCUT2D eigenvalue weighted by Gasteiger charge is 2.02. The van der Waals surface area contributed by atoms with Crippen molar-refractivity contribution in [3.05, 3.63) is 65.5 Å². The van der Waals surface area contributed by atoms with Gasteiger partial charge >= 0.3 is 0 Å². The van der Waals surface area contributed by atoms with Crippen LogP contribution in [0, 0.1) is 12.7 Å². The minimum Gasteiger partial charge on any atom is -0.358 e. The Hall–Kier alpha value is -1.94. The molecule has 0 saturated heterocycles. The Morgan fingerprint density at radius 2 is 1.79 bits per heavy atom. The molecule has 19 heavy (non-hydrogen) atoms. The second-order valence-corrected chi connectivity index (χ2v) is 4.67. The van der Waals surface area contributed by atoms with E-state index in [1.165, 1.54) is 11.6 Å². The molecule has 0 radical (unpaired) electrons. The van der Waals surface area contributed by atoms with Gasteiger partial charge in [0.1, 0.15) is 5.82 Å². The van der Waals surface area contributed by atoms with Gasteiger partial charge in [-0.1, -0.05) is 35.9 Å². The summed E-state index contributed by atoms with van der Waals surface area (Å²) in [5.41, 5.74) is 2.70. The van der Waals surface area contributed by atoms with Crippen LogP contribution < -0.4 is 10.6 Å². The molecule has 2 aromatic carbocycles. The van der Waals surface area contributed by atoms with E-state index in [-0.39, 0.29) is 5.82 Å². The van der Waals surface area contributed by atoms with Gasteiger partial charge in [-0.05, 0) is 37.3 Å². The summed E-state index contributed by atoms with van der Waals surface area (Å²) in [6.45, 7) is 2.39. The first-order chi connectivity index (χ1) is 9.15. The number of nitrogens with one attached hydrogen (secondary N) is 2. The third-order valence-corrected chi connectivity index (χ3v) is 2.95. The van der Waals surface area contributed by atoms with Gasteiger partial charge in [-0.25, -0.2) is 4.39 Å². The molecule has 0 aliphatic rings. The predicted molar refractivity (Wildman–Crippen MR) is 80.6 cm³/mol. The summed E-state index contributed by atoms with van der Waals surface area (Å²) in [4.78, 5) is 0. The largest absolute Gasteiger partial charge is 0.358 e. The monoisotopic (exact) mass is 274 g/mol. The minimum absolute atomic E-state index is 0.229. The highest BCUT2D eigenvalue weighted by atomic mass is 32.1. The molecule has 0 unspecified atom stereocenters. The number of thiocarbonyl (C=S) groups is 1. The van der Waals surface area contributed by atoms with Gasteiger partial charge in [0.15, 0.2) is 5.11 Å². The Balaban J connectivity index is 1.88. The zero-order valence-corrected chi connectivity index (χ0v) is 11.4. The maximum atomic E-state index is 13.4. The van der Waals surface area contributed by atoms with Crippen LogP contribution in [-0.2, 0) is 6.54 Å². The van der Waals surface area contributed by atoms with Crippen molar-refractivity contribution < 1.29 is 4.39 Å². The van der Waals surface area contributed by atoms with Crippen LogP contribution >= 0.6 is 12.2 Å². The van der Waals surface area contributed by atoms with Crippen LogP contribution in [0.5, 0.6) is 0 Å². The zero-order chi connectivity index (χ0) is 13.7. The molecule has 2 rings (SSSR count). The normalized spacial score (nSPS) is 10.0. The minimum atomic E-state index is -0.229. The number of rotatable bonds is 3. The van der Waals surface area contributed by atoms with E-state index in [0.29, 0.717) is 17.2 Å². The van der Waals surface area contributed by atoms with Gasteiger partial charge in [0.25, 0.3) is 0 Å². The Kier molecular flexibility index (Phi) is 4.47. The Morgan fingerprint density at radius 3 is 2.47 bits per heavy atom. The van der Waals surface area contributed by atoms with E-state index in [1.807, 2.05) is 31.2 Å². The van der Waals surface area contributed by atoms with Crippen LogP contribution in [-0.4, -0.2) is 5.11 Å². The van der Waals surface area contributed by atoms with Crippen molar-refractivity contribution in [1.29, 1.82) is 0 Å². The van der Waals surface area contributed by atoms with Crippen LogP contribution in [0.2, 0.25) is 0 Å². The molecular formula is C15H15FN2S. The average Bonchev–Trinajstić information content (AvgIpc) is 2.40. The van der Waals surface area contributed by atoms with Crippen LogP contribution in [0.1, 0.15) is 11.1 Å². The standard InChI is InChI=1S/C15H15FN2S/c1-11-6-8-13(9-7-11)18-15(19)17-10-12-4-2-3-5-14(12)16/h2-9H,10H2,1H3,(H2,17,18,19). The van der Waals surface area contributed by atoms with Crippen molar-refractivity contribution in [3.8, 4) is 0 Å². The fraction of sp³-hybridized carbons (Fsp3) is 0.133. The quantitative estimate of drug-likeness (QED) is 0.836. The van der Waals surface area contributed by atoms with Crippen molar-refractivity contribution in [2.75, 3.05) is 5.32 Å². The van der Waals surface area contributed by atoms with Crippen LogP contribution in [0.4, 0.5) is 10.1 Å². The van der Waals surface area contributed by atoms with E-state index < -0.39 is 0 Å². The molecule has 0 fully saturated rings. The fourth-order valence-corrected chi connectivity index (χ4v) is 1.82. The van der Waals surface area contributed by atoms with E-state index >= 15 is 0 Å². The fourth-order valence-electron chi connectivity index (χ4n) is 1.63. The van der Waals surface area contributed by atoms with Crippen molar-refractivity contribution in [2.24, 2.45) is 0 Å². The Morgan fingerprint density at radius 1 is 1.11 bits per heavy atom. The van der Waals surface area contributed by atoms with E-state index in [9.17, 15) is 4.39 Å². The van der Waals surface area contributed by atoms with Gasteiger partial charge in [-0.15, -0.1) is 0 Å². The number of anilines is 1. The van der Waals surface area contributed by atoms with Crippen molar-refractivity contribution in [2.45, 2.75) is 13.5 Å². The molecule has 0 aliphatic carbocycles. The first kappa shape index (κ1) is 13.5. The molecule has 2 N–H and O–H groups in total. The lowest BCUT2D eigenvalue weighted by molar-refractivity contribution is 0.606. The third kappa shape index (κ3) is 4.03. The van der Waals surface area contributed by atoms with Crippen LogP contribution in [0.15, 0.2) is 48.5 Å². The second kappa shape index (κ2) is 6.29. The first-order valence-corrected chi connectivity index (χ1v) is 6.41. The van der Waals surface area contributed by atoms with Gasteiger partial charge < -0.3 is 10.6 Å².